The van der Waals surface area contributed by atoms with Crippen molar-refractivity contribution in [2.75, 3.05) is 11.1 Å². The summed E-state index contributed by atoms with van der Waals surface area (Å²) >= 11 is 1.46. The SMILES string of the molecule is O=C(CSc1[nH]c2ccccc2[nH+]1)Nc1cccc2ccccc12. The lowest BCUT2D eigenvalue weighted by Gasteiger charge is -2.07. The van der Waals surface area contributed by atoms with E-state index in [1.165, 1.54) is 11.8 Å². The van der Waals surface area contributed by atoms with E-state index in [4.69, 9.17) is 0 Å². The molecule has 4 rings (SSSR count). The molecule has 4 aromatic rings. The zero-order chi connectivity index (χ0) is 16.4. The number of H-pyrrole nitrogens is 2. The van der Waals surface area contributed by atoms with Gasteiger partial charge in [-0.15, -0.1) is 0 Å². The second kappa shape index (κ2) is 6.37. The number of thioether (sulfide) groups is 1. The lowest BCUT2D eigenvalue weighted by Crippen LogP contribution is -2.15. The maximum absolute atomic E-state index is 12.3. The zero-order valence-electron chi connectivity index (χ0n) is 12.9. The number of anilines is 1. The second-order valence-corrected chi connectivity index (χ2v) is 6.47. The average Bonchev–Trinajstić information content (AvgIpc) is 3.03. The molecule has 0 atom stereocenters. The summed E-state index contributed by atoms with van der Waals surface area (Å²) in [4.78, 5) is 18.8. The van der Waals surface area contributed by atoms with Gasteiger partial charge in [-0.1, -0.05) is 48.5 Å². The fourth-order valence-electron chi connectivity index (χ4n) is 2.71. The van der Waals surface area contributed by atoms with Crippen LogP contribution in [0.4, 0.5) is 5.69 Å². The van der Waals surface area contributed by atoms with E-state index in [1.807, 2.05) is 66.7 Å². The van der Waals surface area contributed by atoms with Crippen molar-refractivity contribution in [3.8, 4) is 0 Å². The fourth-order valence-corrected chi connectivity index (χ4v) is 3.42. The largest absolute Gasteiger partial charge is 0.325 e. The van der Waals surface area contributed by atoms with Crippen molar-refractivity contribution in [3.63, 3.8) is 0 Å². The first-order valence-corrected chi connectivity index (χ1v) is 8.68. The lowest BCUT2D eigenvalue weighted by atomic mass is 10.1. The Bertz CT molecular complexity index is 987. The van der Waals surface area contributed by atoms with Crippen molar-refractivity contribution < 1.29 is 9.78 Å². The van der Waals surface area contributed by atoms with Crippen LogP contribution in [-0.2, 0) is 4.79 Å². The highest BCUT2D eigenvalue weighted by molar-refractivity contribution is 7.99. The van der Waals surface area contributed by atoms with Crippen molar-refractivity contribution in [2.24, 2.45) is 0 Å². The normalized spacial score (nSPS) is 11.0. The number of rotatable bonds is 4. The molecular weight excluding hydrogens is 318 g/mol. The summed E-state index contributed by atoms with van der Waals surface area (Å²) in [5.41, 5.74) is 2.92. The Kier molecular flexibility index (Phi) is 3.92. The van der Waals surface area contributed by atoms with Crippen molar-refractivity contribution in [3.05, 3.63) is 66.7 Å². The van der Waals surface area contributed by atoms with Crippen LogP contribution in [0.5, 0.6) is 0 Å². The molecule has 3 N–H and O–H groups in total. The summed E-state index contributed by atoms with van der Waals surface area (Å²) in [6.07, 6.45) is 0. The van der Waals surface area contributed by atoms with Gasteiger partial charge in [-0.25, -0.2) is 9.97 Å². The Morgan fingerprint density at radius 2 is 1.79 bits per heavy atom. The lowest BCUT2D eigenvalue weighted by molar-refractivity contribution is -0.396. The second-order valence-electron chi connectivity index (χ2n) is 5.49. The highest BCUT2D eigenvalue weighted by Gasteiger charge is 2.13. The van der Waals surface area contributed by atoms with Gasteiger partial charge in [0.2, 0.25) is 5.91 Å². The first-order valence-electron chi connectivity index (χ1n) is 7.70. The molecule has 0 spiro atoms. The average molecular weight is 334 g/mol. The number of hydrogen-bond donors (Lipinski definition) is 2. The summed E-state index contributed by atoms with van der Waals surface area (Å²) in [6, 6.07) is 21.9. The highest BCUT2D eigenvalue weighted by atomic mass is 32.2. The summed E-state index contributed by atoms with van der Waals surface area (Å²) in [5.74, 6) is 0.315. The van der Waals surface area contributed by atoms with E-state index >= 15 is 0 Å². The van der Waals surface area contributed by atoms with Crippen molar-refractivity contribution in [1.29, 1.82) is 0 Å². The summed E-state index contributed by atoms with van der Waals surface area (Å²) < 4.78 is 0. The van der Waals surface area contributed by atoms with Crippen molar-refractivity contribution in [2.45, 2.75) is 5.16 Å². The number of carbonyl (C=O) groups excluding carboxylic acids is 1. The molecule has 118 valence electrons. The number of aromatic amines is 2. The number of amides is 1. The summed E-state index contributed by atoms with van der Waals surface area (Å²) in [5, 5.41) is 6.05. The monoisotopic (exact) mass is 334 g/mol. The number of aromatic nitrogens is 2. The molecule has 0 bridgehead atoms. The van der Waals surface area contributed by atoms with Gasteiger partial charge in [0.1, 0.15) is 0 Å². The number of fused-ring (bicyclic) bond motifs is 2. The van der Waals surface area contributed by atoms with E-state index in [9.17, 15) is 4.79 Å². The predicted octanol–water partition coefficient (Wildman–Crippen LogP) is 3.87. The topological polar surface area (TPSA) is 59.0 Å². The zero-order valence-corrected chi connectivity index (χ0v) is 13.7. The number of hydrogen-bond acceptors (Lipinski definition) is 2. The molecule has 3 aromatic carbocycles. The van der Waals surface area contributed by atoms with Crippen LogP contribution in [0.2, 0.25) is 0 Å². The Labute approximate surface area is 143 Å². The van der Waals surface area contributed by atoms with E-state index in [0.29, 0.717) is 5.75 Å². The van der Waals surface area contributed by atoms with Crippen LogP contribution in [0.15, 0.2) is 71.9 Å². The van der Waals surface area contributed by atoms with Gasteiger partial charge in [0, 0.05) is 11.1 Å². The fraction of sp³-hybridized carbons (Fsp3) is 0.0526. The van der Waals surface area contributed by atoms with E-state index in [0.717, 1.165) is 32.6 Å². The van der Waals surface area contributed by atoms with Crippen LogP contribution in [0.1, 0.15) is 0 Å². The molecule has 24 heavy (non-hydrogen) atoms. The van der Waals surface area contributed by atoms with E-state index in [-0.39, 0.29) is 5.91 Å². The minimum absolute atomic E-state index is 0.0246. The van der Waals surface area contributed by atoms with E-state index < -0.39 is 0 Å². The smallest absolute Gasteiger partial charge is 0.315 e. The third-order valence-electron chi connectivity index (χ3n) is 3.83. The van der Waals surface area contributed by atoms with Crippen LogP contribution in [-0.4, -0.2) is 16.6 Å². The molecule has 0 unspecified atom stereocenters. The molecule has 1 aromatic heterocycles. The molecule has 0 aliphatic rings. The molecule has 0 fully saturated rings. The Hall–Kier alpha value is -2.79. The van der Waals surface area contributed by atoms with Crippen molar-refractivity contribution >= 4 is 45.2 Å². The van der Waals surface area contributed by atoms with Crippen LogP contribution >= 0.6 is 11.8 Å². The molecule has 1 heterocycles. The molecule has 5 heteroatoms. The quantitative estimate of drug-likeness (QED) is 0.557. The predicted molar refractivity (Wildman–Crippen MR) is 98.2 cm³/mol. The number of imidazole rings is 1. The number of carbonyl (C=O) groups is 1. The number of nitrogens with one attached hydrogen (secondary N) is 3. The Morgan fingerprint density at radius 1 is 1.00 bits per heavy atom. The first-order chi connectivity index (χ1) is 11.8. The molecule has 0 radical (unpaired) electrons. The van der Waals surface area contributed by atoms with Gasteiger partial charge in [-0.2, -0.15) is 0 Å². The summed E-state index contributed by atoms with van der Waals surface area (Å²) in [6.45, 7) is 0. The Morgan fingerprint density at radius 3 is 2.71 bits per heavy atom. The number of para-hydroxylation sites is 2. The minimum Gasteiger partial charge on any atom is -0.325 e. The highest BCUT2D eigenvalue weighted by Crippen LogP contribution is 2.23. The molecule has 0 saturated heterocycles. The summed E-state index contributed by atoms with van der Waals surface area (Å²) in [7, 11) is 0. The Balaban J connectivity index is 1.46. The standard InChI is InChI=1S/C19H15N3OS/c23-18(12-24-19-21-16-9-3-4-10-17(16)22-19)20-15-11-5-7-13-6-1-2-8-14(13)15/h1-11H,12H2,(H,20,23)(H,21,22)/p+1. The molecule has 0 saturated carbocycles. The maximum atomic E-state index is 12.3. The molecule has 4 nitrogen and oxygen atoms in total. The number of benzene rings is 3. The third-order valence-corrected chi connectivity index (χ3v) is 4.73. The maximum Gasteiger partial charge on any atom is 0.315 e. The van der Waals surface area contributed by atoms with Gasteiger partial charge in [-0.3, -0.25) is 4.79 Å². The molecule has 0 aliphatic carbocycles. The third kappa shape index (κ3) is 2.98. The molecule has 0 aliphatic heterocycles. The van der Waals surface area contributed by atoms with Crippen LogP contribution < -0.4 is 10.3 Å². The van der Waals surface area contributed by atoms with Gasteiger partial charge in [0.15, 0.2) is 11.0 Å². The van der Waals surface area contributed by atoms with Crippen LogP contribution in [0.3, 0.4) is 0 Å². The van der Waals surface area contributed by atoms with Crippen LogP contribution in [0.25, 0.3) is 21.8 Å². The molecule has 1 amide bonds. The van der Waals surface area contributed by atoms with Gasteiger partial charge in [-0.05, 0) is 35.3 Å². The van der Waals surface area contributed by atoms with Gasteiger partial charge in [0.05, 0.1) is 5.75 Å². The minimum atomic E-state index is -0.0246. The van der Waals surface area contributed by atoms with Gasteiger partial charge >= 0.3 is 5.16 Å². The molecular formula is C19H16N3OS+. The first kappa shape index (κ1) is 14.8. The van der Waals surface area contributed by atoms with E-state index in [2.05, 4.69) is 15.3 Å². The van der Waals surface area contributed by atoms with Crippen LogP contribution in [0, 0.1) is 0 Å². The van der Waals surface area contributed by atoms with Crippen molar-refractivity contribution in [1.82, 2.24) is 4.98 Å². The van der Waals surface area contributed by atoms with Gasteiger partial charge < -0.3 is 5.32 Å². The van der Waals surface area contributed by atoms with E-state index in [1.54, 1.807) is 0 Å². The van der Waals surface area contributed by atoms with Gasteiger partial charge in [0.25, 0.3) is 0 Å².